The number of fused-ring (bicyclic) bond motifs is 2. The van der Waals surface area contributed by atoms with Crippen LogP contribution >= 0.6 is 23.1 Å². The van der Waals surface area contributed by atoms with E-state index in [0.717, 1.165) is 18.7 Å². The minimum atomic E-state index is -0.327. The lowest BCUT2D eigenvalue weighted by molar-refractivity contribution is -0.129. The SMILES string of the molecule is Cn1c(SCC(=O)N2CCc3sccc3C2)nnc1[C@H]1COc2ccccc2O1. The minimum absolute atomic E-state index is 0.127. The normalized spacial score (nSPS) is 17.8. The number of carbonyl (C=O) groups excluding carboxylic acids is 1. The Morgan fingerprint density at radius 1 is 1.28 bits per heavy atom. The highest BCUT2D eigenvalue weighted by Gasteiger charge is 2.28. The van der Waals surface area contributed by atoms with Crippen LogP contribution in [0.1, 0.15) is 22.4 Å². The summed E-state index contributed by atoms with van der Waals surface area (Å²) in [5, 5.41) is 11.4. The van der Waals surface area contributed by atoms with Crippen LogP contribution in [0.2, 0.25) is 0 Å². The lowest BCUT2D eigenvalue weighted by Crippen LogP contribution is -2.36. The van der Waals surface area contributed by atoms with Gasteiger partial charge in [-0.2, -0.15) is 0 Å². The van der Waals surface area contributed by atoms with Gasteiger partial charge in [-0.15, -0.1) is 21.5 Å². The molecule has 4 heterocycles. The van der Waals surface area contributed by atoms with Gasteiger partial charge in [0.25, 0.3) is 0 Å². The van der Waals surface area contributed by atoms with Crippen molar-refractivity contribution in [2.45, 2.75) is 24.2 Å². The molecular weight excluding hydrogens is 408 g/mol. The van der Waals surface area contributed by atoms with Crippen molar-refractivity contribution in [3.05, 3.63) is 52.0 Å². The second-order valence-corrected chi connectivity index (χ2v) is 8.93. The second kappa shape index (κ2) is 7.72. The van der Waals surface area contributed by atoms with Crippen molar-refractivity contribution < 1.29 is 14.3 Å². The van der Waals surface area contributed by atoms with Gasteiger partial charge in [-0.25, -0.2) is 0 Å². The third-order valence-electron chi connectivity index (χ3n) is 5.15. The van der Waals surface area contributed by atoms with Gasteiger partial charge in [-0.05, 0) is 35.6 Å². The fourth-order valence-electron chi connectivity index (χ4n) is 3.56. The molecule has 0 unspecified atom stereocenters. The molecular formula is C20H20N4O3S2. The summed E-state index contributed by atoms with van der Waals surface area (Å²) in [6, 6.07) is 9.70. The molecule has 2 aliphatic rings. The van der Waals surface area contributed by atoms with Crippen LogP contribution in [-0.4, -0.2) is 44.5 Å². The van der Waals surface area contributed by atoms with E-state index in [-0.39, 0.29) is 12.0 Å². The van der Waals surface area contributed by atoms with E-state index in [0.29, 0.717) is 35.6 Å². The van der Waals surface area contributed by atoms with Crippen LogP contribution in [0, 0.1) is 0 Å². The van der Waals surface area contributed by atoms with Crippen molar-refractivity contribution in [2.75, 3.05) is 18.9 Å². The zero-order chi connectivity index (χ0) is 19.8. The van der Waals surface area contributed by atoms with E-state index in [1.54, 1.807) is 11.3 Å². The third-order valence-corrected chi connectivity index (χ3v) is 7.18. The number of thioether (sulfide) groups is 1. The maximum Gasteiger partial charge on any atom is 0.233 e. The highest BCUT2D eigenvalue weighted by Crippen LogP contribution is 2.35. The summed E-state index contributed by atoms with van der Waals surface area (Å²) in [5.41, 5.74) is 1.27. The summed E-state index contributed by atoms with van der Waals surface area (Å²) in [6.45, 7) is 1.86. The molecule has 0 aliphatic carbocycles. The summed E-state index contributed by atoms with van der Waals surface area (Å²) in [4.78, 5) is 16.0. The lowest BCUT2D eigenvalue weighted by atomic mass is 10.1. The molecule has 2 aliphatic heterocycles. The molecule has 7 nitrogen and oxygen atoms in total. The Hall–Kier alpha value is -2.52. The Balaban J connectivity index is 1.22. The molecule has 0 fully saturated rings. The van der Waals surface area contributed by atoms with Gasteiger partial charge >= 0.3 is 0 Å². The average Bonchev–Trinajstić information content (AvgIpc) is 3.37. The number of thiophene rings is 1. The number of carbonyl (C=O) groups is 1. The maximum atomic E-state index is 12.7. The number of hydrogen-bond acceptors (Lipinski definition) is 7. The fourth-order valence-corrected chi connectivity index (χ4v) is 5.27. The van der Waals surface area contributed by atoms with E-state index in [1.807, 2.05) is 40.8 Å². The molecule has 1 aromatic carbocycles. The Morgan fingerprint density at radius 3 is 3.03 bits per heavy atom. The fraction of sp³-hybridized carbons (Fsp3) is 0.350. The largest absolute Gasteiger partial charge is 0.485 e. The number of benzene rings is 1. The number of aromatic nitrogens is 3. The van der Waals surface area contributed by atoms with E-state index >= 15 is 0 Å². The highest BCUT2D eigenvalue weighted by atomic mass is 32.2. The number of para-hydroxylation sites is 2. The van der Waals surface area contributed by atoms with E-state index in [9.17, 15) is 4.79 Å². The molecule has 2 aromatic heterocycles. The van der Waals surface area contributed by atoms with Gasteiger partial charge < -0.3 is 18.9 Å². The summed E-state index contributed by atoms with van der Waals surface area (Å²) in [6.07, 6.45) is 0.615. The molecule has 29 heavy (non-hydrogen) atoms. The van der Waals surface area contributed by atoms with Gasteiger partial charge in [-0.3, -0.25) is 4.79 Å². The van der Waals surface area contributed by atoms with Gasteiger partial charge in [0.15, 0.2) is 28.6 Å². The monoisotopic (exact) mass is 428 g/mol. The Bertz CT molecular complexity index is 1050. The highest BCUT2D eigenvalue weighted by molar-refractivity contribution is 7.99. The van der Waals surface area contributed by atoms with Gasteiger partial charge in [0.2, 0.25) is 5.91 Å². The minimum Gasteiger partial charge on any atom is -0.485 e. The number of ether oxygens (including phenoxy) is 2. The Morgan fingerprint density at radius 2 is 2.14 bits per heavy atom. The van der Waals surface area contributed by atoms with E-state index in [2.05, 4.69) is 21.6 Å². The van der Waals surface area contributed by atoms with E-state index in [4.69, 9.17) is 9.47 Å². The molecule has 9 heteroatoms. The topological polar surface area (TPSA) is 69.5 Å². The van der Waals surface area contributed by atoms with Gasteiger partial charge in [0, 0.05) is 25.0 Å². The predicted octanol–water partition coefficient (Wildman–Crippen LogP) is 3.07. The smallest absolute Gasteiger partial charge is 0.233 e. The quantitative estimate of drug-likeness (QED) is 0.595. The van der Waals surface area contributed by atoms with Crippen LogP contribution in [0.3, 0.4) is 0 Å². The Labute approximate surface area is 176 Å². The first-order valence-electron chi connectivity index (χ1n) is 9.42. The van der Waals surface area contributed by atoms with Crippen molar-refractivity contribution in [3.8, 4) is 11.5 Å². The molecule has 0 N–H and O–H groups in total. The summed E-state index contributed by atoms with van der Waals surface area (Å²) in [5.74, 6) is 2.60. The van der Waals surface area contributed by atoms with Crippen LogP contribution < -0.4 is 9.47 Å². The molecule has 3 aromatic rings. The molecule has 0 saturated carbocycles. The first-order valence-corrected chi connectivity index (χ1v) is 11.3. The lowest BCUT2D eigenvalue weighted by Gasteiger charge is -2.27. The molecule has 1 atom stereocenters. The number of amides is 1. The molecule has 0 radical (unpaired) electrons. The third kappa shape index (κ3) is 3.60. The molecule has 5 rings (SSSR count). The number of rotatable bonds is 4. The average molecular weight is 429 g/mol. The second-order valence-electron chi connectivity index (χ2n) is 6.99. The van der Waals surface area contributed by atoms with Crippen LogP contribution in [0.5, 0.6) is 11.5 Å². The zero-order valence-corrected chi connectivity index (χ0v) is 17.5. The number of nitrogens with zero attached hydrogens (tertiary/aromatic N) is 4. The number of hydrogen-bond donors (Lipinski definition) is 0. The van der Waals surface area contributed by atoms with E-state index < -0.39 is 0 Å². The zero-order valence-electron chi connectivity index (χ0n) is 15.9. The molecule has 150 valence electrons. The van der Waals surface area contributed by atoms with Crippen molar-refractivity contribution in [3.63, 3.8) is 0 Å². The molecule has 1 amide bonds. The van der Waals surface area contributed by atoms with Gasteiger partial charge in [0.1, 0.15) is 6.61 Å². The molecule has 0 spiro atoms. The predicted molar refractivity (Wildman–Crippen MR) is 110 cm³/mol. The first-order chi connectivity index (χ1) is 14.2. The Kier molecular flexibility index (Phi) is 4.92. The first kappa shape index (κ1) is 18.5. The summed E-state index contributed by atoms with van der Waals surface area (Å²) in [7, 11) is 1.89. The van der Waals surface area contributed by atoms with Crippen LogP contribution in [0.25, 0.3) is 0 Å². The molecule has 0 saturated heterocycles. The van der Waals surface area contributed by atoms with Crippen molar-refractivity contribution in [2.24, 2.45) is 7.05 Å². The summed E-state index contributed by atoms with van der Waals surface area (Å²) >= 11 is 3.18. The standard InChI is InChI=1S/C20H20N4O3S2/c1-23-19(16-11-26-14-4-2-3-5-15(14)27-16)21-22-20(23)29-12-18(25)24-8-6-17-13(10-24)7-9-28-17/h2-5,7,9,16H,6,8,10-12H2,1H3/t16-/m1/s1. The van der Waals surface area contributed by atoms with Crippen LogP contribution in [0.15, 0.2) is 40.9 Å². The van der Waals surface area contributed by atoms with Crippen molar-refractivity contribution in [1.29, 1.82) is 0 Å². The van der Waals surface area contributed by atoms with Gasteiger partial charge in [-0.1, -0.05) is 23.9 Å². The summed E-state index contributed by atoms with van der Waals surface area (Å²) < 4.78 is 13.7. The van der Waals surface area contributed by atoms with Crippen LogP contribution in [-0.2, 0) is 24.8 Å². The van der Waals surface area contributed by atoms with E-state index in [1.165, 1.54) is 22.2 Å². The van der Waals surface area contributed by atoms with Crippen LogP contribution in [0.4, 0.5) is 0 Å². The van der Waals surface area contributed by atoms with Crippen molar-refractivity contribution >= 4 is 29.0 Å². The maximum absolute atomic E-state index is 12.7. The van der Waals surface area contributed by atoms with Crippen molar-refractivity contribution in [1.82, 2.24) is 19.7 Å². The van der Waals surface area contributed by atoms with Gasteiger partial charge in [0.05, 0.1) is 5.75 Å². The molecule has 0 bridgehead atoms.